The molecule has 0 bridgehead atoms. The van der Waals surface area contributed by atoms with Gasteiger partial charge >= 0.3 is 18.2 Å². The minimum atomic E-state index is -4.72. The van der Waals surface area contributed by atoms with E-state index in [4.69, 9.17) is 5.11 Å². The summed E-state index contributed by atoms with van der Waals surface area (Å²) >= 11 is 0. The van der Waals surface area contributed by atoms with Crippen LogP contribution in [0, 0.1) is 0 Å². The van der Waals surface area contributed by atoms with Gasteiger partial charge in [-0.15, -0.1) is 0 Å². The van der Waals surface area contributed by atoms with Gasteiger partial charge in [-0.2, -0.15) is 13.2 Å². The number of hydrogen-bond acceptors (Lipinski definition) is 3. The van der Waals surface area contributed by atoms with Crippen LogP contribution in [0.3, 0.4) is 0 Å². The van der Waals surface area contributed by atoms with E-state index in [1.54, 1.807) is 0 Å². The van der Waals surface area contributed by atoms with Crippen LogP contribution < -0.4 is 5.32 Å². The molecule has 98 valence electrons. The molecule has 1 fully saturated rings. The molecule has 0 saturated heterocycles. The van der Waals surface area contributed by atoms with Gasteiger partial charge in [0.25, 0.3) is 0 Å². The van der Waals surface area contributed by atoms with Crippen LogP contribution in [0.4, 0.5) is 18.0 Å². The van der Waals surface area contributed by atoms with Gasteiger partial charge in [-0.05, 0) is 26.7 Å². The van der Waals surface area contributed by atoms with E-state index in [0.717, 1.165) is 0 Å². The SMILES string of the molecule is CC(C)(OC(=O)NC1(C(=O)O)CC1)C(F)(F)F. The lowest BCUT2D eigenvalue weighted by atomic mass is 10.1. The summed E-state index contributed by atoms with van der Waals surface area (Å²) in [6, 6.07) is 0. The van der Waals surface area contributed by atoms with Crippen molar-refractivity contribution >= 4 is 12.1 Å². The van der Waals surface area contributed by atoms with Crippen LogP contribution in [0.5, 0.6) is 0 Å². The van der Waals surface area contributed by atoms with Gasteiger partial charge in [-0.25, -0.2) is 9.59 Å². The van der Waals surface area contributed by atoms with Crippen molar-refractivity contribution in [3.8, 4) is 0 Å². The highest BCUT2D eigenvalue weighted by Crippen LogP contribution is 2.37. The number of aliphatic carboxylic acids is 1. The molecule has 8 heteroatoms. The predicted molar refractivity (Wildman–Crippen MR) is 49.4 cm³/mol. The number of nitrogens with one attached hydrogen (secondary N) is 1. The first-order valence-electron chi connectivity index (χ1n) is 4.81. The Morgan fingerprint density at radius 1 is 1.29 bits per heavy atom. The number of rotatable bonds is 3. The maximum absolute atomic E-state index is 12.4. The molecular formula is C9H12F3NO4. The van der Waals surface area contributed by atoms with Crippen molar-refractivity contribution < 1.29 is 32.6 Å². The fourth-order valence-electron chi connectivity index (χ4n) is 1.03. The number of alkyl carbamates (subject to hydrolysis) is 1. The fourth-order valence-corrected chi connectivity index (χ4v) is 1.03. The van der Waals surface area contributed by atoms with Crippen LogP contribution in [-0.2, 0) is 9.53 Å². The Kier molecular flexibility index (Phi) is 3.02. The quantitative estimate of drug-likeness (QED) is 0.804. The van der Waals surface area contributed by atoms with E-state index in [0.29, 0.717) is 13.8 Å². The van der Waals surface area contributed by atoms with Crippen LogP contribution in [0.15, 0.2) is 0 Å². The number of alkyl halides is 3. The van der Waals surface area contributed by atoms with Crippen LogP contribution in [-0.4, -0.2) is 34.5 Å². The van der Waals surface area contributed by atoms with E-state index >= 15 is 0 Å². The normalized spacial score (nSPS) is 18.4. The van der Waals surface area contributed by atoms with Gasteiger partial charge in [-0.3, -0.25) is 0 Å². The zero-order valence-corrected chi connectivity index (χ0v) is 9.22. The molecular weight excluding hydrogens is 243 g/mol. The van der Waals surface area contributed by atoms with E-state index in [-0.39, 0.29) is 12.8 Å². The highest BCUT2D eigenvalue weighted by Gasteiger charge is 2.55. The molecule has 17 heavy (non-hydrogen) atoms. The Bertz CT molecular complexity index is 347. The summed E-state index contributed by atoms with van der Waals surface area (Å²) < 4.78 is 41.3. The van der Waals surface area contributed by atoms with E-state index < -0.39 is 29.4 Å². The Hall–Kier alpha value is -1.47. The summed E-state index contributed by atoms with van der Waals surface area (Å²) in [5.74, 6) is -1.28. The first kappa shape index (κ1) is 13.6. The number of hydrogen-bond donors (Lipinski definition) is 2. The number of carbonyl (C=O) groups excluding carboxylic acids is 1. The molecule has 1 amide bonds. The number of halogens is 3. The van der Waals surface area contributed by atoms with Gasteiger partial charge in [0.15, 0.2) is 0 Å². The molecule has 1 saturated carbocycles. The Labute approximate surface area is 94.9 Å². The lowest BCUT2D eigenvalue weighted by Crippen LogP contribution is -2.50. The summed E-state index contributed by atoms with van der Waals surface area (Å²) in [5.41, 5.74) is -4.12. The third-order valence-corrected chi connectivity index (χ3v) is 2.53. The molecule has 1 aliphatic rings. The second-order valence-corrected chi connectivity index (χ2v) is 4.41. The highest BCUT2D eigenvalue weighted by atomic mass is 19.4. The Balaban J connectivity index is 2.60. The fraction of sp³-hybridized carbons (Fsp3) is 0.778. The van der Waals surface area contributed by atoms with Crippen molar-refractivity contribution in [1.82, 2.24) is 5.32 Å². The molecule has 2 N–H and O–H groups in total. The highest BCUT2D eigenvalue weighted by molar-refractivity contribution is 5.87. The van der Waals surface area contributed by atoms with Crippen molar-refractivity contribution in [3.05, 3.63) is 0 Å². The zero-order chi connectivity index (χ0) is 13.5. The van der Waals surface area contributed by atoms with E-state index in [2.05, 4.69) is 4.74 Å². The smallest absolute Gasteiger partial charge is 0.427 e. The van der Waals surface area contributed by atoms with Crippen LogP contribution in [0.1, 0.15) is 26.7 Å². The molecule has 0 spiro atoms. The molecule has 1 rings (SSSR count). The number of carboxylic acid groups (broad SMARTS) is 1. The molecule has 0 unspecified atom stereocenters. The zero-order valence-electron chi connectivity index (χ0n) is 9.22. The Morgan fingerprint density at radius 2 is 1.76 bits per heavy atom. The topological polar surface area (TPSA) is 75.6 Å². The summed E-state index contributed by atoms with van der Waals surface area (Å²) in [5, 5.41) is 10.7. The molecule has 0 aromatic carbocycles. The lowest BCUT2D eigenvalue weighted by molar-refractivity contribution is -0.244. The van der Waals surface area contributed by atoms with Crippen LogP contribution in [0.25, 0.3) is 0 Å². The molecule has 0 atom stereocenters. The van der Waals surface area contributed by atoms with E-state index in [9.17, 15) is 22.8 Å². The number of amides is 1. The van der Waals surface area contributed by atoms with Crippen LogP contribution >= 0.6 is 0 Å². The lowest BCUT2D eigenvalue weighted by Gasteiger charge is -2.28. The van der Waals surface area contributed by atoms with E-state index in [1.807, 2.05) is 5.32 Å². The van der Waals surface area contributed by atoms with Crippen molar-refractivity contribution in [3.63, 3.8) is 0 Å². The van der Waals surface area contributed by atoms with Crippen LogP contribution in [0.2, 0.25) is 0 Å². The minimum absolute atomic E-state index is 0.184. The number of carboxylic acids is 1. The number of carbonyl (C=O) groups is 2. The average molecular weight is 255 g/mol. The molecule has 0 aromatic rings. The first-order valence-corrected chi connectivity index (χ1v) is 4.81. The summed E-state index contributed by atoms with van der Waals surface area (Å²) in [6.45, 7) is 1.37. The van der Waals surface area contributed by atoms with Gasteiger partial charge in [0.1, 0.15) is 5.54 Å². The monoisotopic (exact) mass is 255 g/mol. The van der Waals surface area contributed by atoms with Crippen molar-refractivity contribution in [2.45, 2.75) is 44.0 Å². The second kappa shape index (κ2) is 3.78. The van der Waals surface area contributed by atoms with Crippen molar-refractivity contribution in [2.75, 3.05) is 0 Å². The first-order chi connectivity index (χ1) is 7.50. The van der Waals surface area contributed by atoms with Gasteiger partial charge in [0.2, 0.25) is 5.60 Å². The van der Waals surface area contributed by atoms with Gasteiger partial charge < -0.3 is 15.2 Å². The summed E-state index contributed by atoms with van der Waals surface area (Å²) in [4.78, 5) is 21.9. The van der Waals surface area contributed by atoms with Gasteiger partial charge in [-0.1, -0.05) is 0 Å². The maximum atomic E-state index is 12.4. The van der Waals surface area contributed by atoms with Crippen molar-refractivity contribution in [1.29, 1.82) is 0 Å². The van der Waals surface area contributed by atoms with Gasteiger partial charge in [0.05, 0.1) is 0 Å². The third-order valence-electron chi connectivity index (χ3n) is 2.53. The molecule has 0 radical (unpaired) electrons. The summed E-state index contributed by atoms with van der Waals surface area (Å²) in [6.07, 6.45) is -5.73. The molecule has 0 aromatic heterocycles. The van der Waals surface area contributed by atoms with E-state index in [1.165, 1.54) is 0 Å². The standard InChI is InChI=1S/C9H12F3NO4/c1-7(2,9(10,11)12)17-6(16)13-8(3-4-8)5(14)15/h3-4H2,1-2H3,(H,13,16)(H,14,15). The van der Waals surface area contributed by atoms with Crippen molar-refractivity contribution in [2.24, 2.45) is 0 Å². The minimum Gasteiger partial charge on any atom is -0.480 e. The largest absolute Gasteiger partial charge is 0.480 e. The molecule has 0 aliphatic heterocycles. The third kappa shape index (κ3) is 2.80. The average Bonchev–Trinajstić information content (AvgIpc) is 2.81. The molecule has 1 aliphatic carbocycles. The molecule has 5 nitrogen and oxygen atoms in total. The maximum Gasteiger partial charge on any atom is 0.427 e. The number of ether oxygens (including phenoxy) is 1. The summed E-state index contributed by atoms with van der Waals surface area (Å²) in [7, 11) is 0. The second-order valence-electron chi connectivity index (χ2n) is 4.41. The Morgan fingerprint density at radius 3 is 2.06 bits per heavy atom. The molecule has 0 heterocycles. The predicted octanol–water partition coefficient (Wildman–Crippen LogP) is 1.67. The van der Waals surface area contributed by atoms with Gasteiger partial charge in [0, 0.05) is 0 Å².